The van der Waals surface area contributed by atoms with Crippen molar-refractivity contribution < 1.29 is 17.3 Å². The second kappa shape index (κ2) is 3.26. The number of ether oxygens (including phenoxy) is 1. The van der Waals surface area contributed by atoms with E-state index in [4.69, 9.17) is 4.74 Å². The van der Waals surface area contributed by atoms with Crippen LogP contribution in [0.1, 0.15) is 0 Å². The fourth-order valence-corrected chi connectivity index (χ4v) is 1.07. The molecule has 1 rings (SSSR count). The first-order chi connectivity index (χ1) is 4.33. The molecule has 1 heterocycles. The Morgan fingerprint density at radius 2 is 2.11 bits per heavy atom. The van der Waals surface area contributed by atoms with Crippen LogP contribution in [0, 0.1) is 0 Å². The molecule has 0 unspecified atom stereocenters. The van der Waals surface area contributed by atoms with Gasteiger partial charge in [0.2, 0.25) is 0 Å². The van der Waals surface area contributed by atoms with Crippen molar-refractivity contribution in [3.8, 4) is 0 Å². The number of hydrogen-bond acceptors (Lipinski definition) is 4. The van der Waals surface area contributed by atoms with Crippen LogP contribution < -0.4 is 0 Å². The molecule has 0 bridgehead atoms. The van der Waals surface area contributed by atoms with Crippen LogP contribution in [0.2, 0.25) is 0 Å². The molecule has 1 fully saturated rings. The molecule has 4 nitrogen and oxygen atoms in total. The van der Waals surface area contributed by atoms with Gasteiger partial charge in [0.15, 0.2) is 0 Å². The third-order valence-electron chi connectivity index (χ3n) is 1.03. The van der Waals surface area contributed by atoms with Crippen molar-refractivity contribution in [1.29, 1.82) is 0 Å². The van der Waals surface area contributed by atoms with Crippen LogP contribution >= 0.6 is 0 Å². The SMILES string of the molecule is COC1COS(=O)OC1. The summed E-state index contributed by atoms with van der Waals surface area (Å²) in [5, 5.41) is 0. The lowest BCUT2D eigenvalue weighted by atomic mass is 10.4. The molecular weight excluding hydrogens is 144 g/mol. The minimum atomic E-state index is -1.54. The Bertz CT molecular complexity index is 105. The summed E-state index contributed by atoms with van der Waals surface area (Å²) in [5.74, 6) is 0. The average Bonchev–Trinajstić information content (AvgIpc) is 1.90. The molecule has 0 aromatic carbocycles. The summed E-state index contributed by atoms with van der Waals surface area (Å²) in [5.41, 5.74) is 0. The molecule has 1 aliphatic heterocycles. The van der Waals surface area contributed by atoms with Crippen molar-refractivity contribution in [2.75, 3.05) is 20.3 Å². The molecule has 0 aliphatic carbocycles. The van der Waals surface area contributed by atoms with Gasteiger partial charge in [0.25, 0.3) is 0 Å². The van der Waals surface area contributed by atoms with Crippen molar-refractivity contribution in [3.63, 3.8) is 0 Å². The predicted octanol–water partition coefficient (Wildman–Crippen LogP) is -0.373. The van der Waals surface area contributed by atoms with Gasteiger partial charge in [0, 0.05) is 7.11 Å². The summed E-state index contributed by atoms with van der Waals surface area (Å²) in [4.78, 5) is 0. The van der Waals surface area contributed by atoms with Gasteiger partial charge in [-0.3, -0.25) is 8.37 Å². The molecule has 0 aromatic heterocycles. The largest absolute Gasteiger partial charge is 0.377 e. The molecule has 1 aliphatic rings. The van der Waals surface area contributed by atoms with E-state index < -0.39 is 11.4 Å². The van der Waals surface area contributed by atoms with E-state index in [1.165, 1.54) is 0 Å². The molecule has 0 saturated carbocycles. The van der Waals surface area contributed by atoms with E-state index in [0.717, 1.165) is 0 Å². The molecule has 1 saturated heterocycles. The van der Waals surface area contributed by atoms with Gasteiger partial charge in [-0.25, -0.2) is 0 Å². The van der Waals surface area contributed by atoms with Gasteiger partial charge < -0.3 is 4.74 Å². The summed E-state index contributed by atoms with van der Waals surface area (Å²) in [7, 11) is 1.56. The Morgan fingerprint density at radius 3 is 2.56 bits per heavy atom. The van der Waals surface area contributed by atoms with E-state index >= 15 is 0 Å². The second-order valence-corrected chi connectivity index (χ2v) is 2.51. The van der Waals surface area contributed by atoms with E-state index in [1.807, 2.05) is 0 Å². The van der Waals surface area contributed by atoms with Crippen molar-refractivity contribution in [1.82, 2.24) is 0 Å². The summed E-state index contributed by atoms with van der Waals surface area (Å²) >= 11 is -1.54. The van der Waals surface area contributed by atoms with Gasteiger partial charge in [-0.2, -0.15) is 4.21 Å². The van der Waals surface area contributed by atoms with Crippen LogP contribution in [0.5, 0.6) is 0 Å². The lowest BCUT2D eigenvalue weighted by Crippen LogP contribution is -2.30. The zero-order valence-electron chi connectivity index (χ0n) is 5.03. The highest BCUT2D eigenvalue weighted by Gasteiger charge is 2.18. The third-order valence-corrected chi connectivity index (χ3v) is 1.69. The molecule has 5 heteroatoms. The normalized spacial score (nSPS) is 36.6. The van der Waals surface area contributed by atoms with Crippen molar-refractivity contribution in [2.45, 2.75) is 6.10 Å². The molecule has 9 heavy (non-hydrogen) atoms. The summed E-state index contributed by atoms with van der Waals surface area (Å²) in [6.07, 6.45) is -0.0669. The van der Waals surface area contributed by atoms with Gasteiger partial charge in [-0.15, -0.1) is 0 Å². The first kappa shape index (κ1) is 7.14. The molecule has 0 spiro atoms. The third kappa shape index (κ3) is 2.02. The molecule has 0 aromatic rings. The van der Waals surface area contributed by atoms with Crippen LogP contribution in [0.25, 0.3) is 0 Å². The molecule has 54 valence electrons. The van der Waals surface area contributed by atoms with Gasteiger partial charge in [0.1, 0.15) is 6.10 Å². The lowest BCUT2D eigenvalue weighted by molar-refractivity contribution is 0.000295. The lowest BCUT2D eigenvalue weighted by Gasteiger charge is -2.18. The monoisotopic (exact) mass is 152 g/mol. The average molecular weight is 152 g/mol. The zero-order valence-corrected chi connectivity index (χ0v) is 5.85. The smallest absolute Gasteiger partial charge is 0.304 e. The Balaban J connectivity index is 2.26. The van der Waals surface area contributed by atoms with E-state index in [-0.39, 0.29) is 6.10 Å². The van der Waals surface area contributed by atoms with Gasteiger partial charge in [-0.05, 0) is 0 Å². The van der Waals surface area contributed by atoms with Crippen LogP contribution in [0.3, 0.4) is 0 Å². The highest BCUT2D eigenvalue weighted by molar-refractivity contribution is 7.75. The maximum atomic E-state index is 10.3. The standard InChI is InChI=1S/C4H8O4S/c1-6-4-2-7-9(5)8-3-4/h4H,2-3H2,1H3. The zero-order chi connectivity index (χ0) is 6.69. The Morgan fingerprint density at radius 1 is 1.56 bits per heavy atom. The molecule has 0 amide bonds. The number of rotatable bonds is 1. The number of hydrogen-bond donors (Lipinski definition) is 0. The van der Waals surface area contributed by atoms with E-state index in [1.54, 1.807) is 7.11 Å². The molecule has 0 atom stereocenters. The predicted molar refractivity (Wildman–Crippen MR) is 30.8 cm³/mol. The van der Waals surface area contributed by atoms with Crippen LogP contribution in [0.15, 0.2) is 0 Å². The fourth-order valence-electron chi connectivity index (χ4n) is 0.481. The first-order valence-electron chi connectivity index (χ1n) is 2.54. The Labute approximate surface area is 56.0 Å². The summed E-state index contributed by atoms with van der Waals surface area (Å²) in [6, 6.07) is 0. The Hall–Kier alpha value is 0.0300. The van der Waals surface area contributed by atoms with Crippen molar-refractivity contribution in [3.05, 3.63) is 0 Å². The molecule has 0 N–H and O–H groups in total. The van der Waals surface area contributed by atoms with E-state index in [9.17, 15) is 4.21 Å². The second-order valence-electron chi connectivity index (χ2n) is 1.63. The Kier molecular flexibility index (Phi) is 2.59. The maximum Gasteiger partial charge on any atom is 0.304 e. The summed E-state index contributed by atoms with van der Waals surface area (Å²) in [6.45, 7) is 0.701. The van der Waals surface area contributed by atoms with Crippen LogP contribution in [-0.4, -0.2) is 30.6 Å². The van der Waals surface area contributed by atoms with Crippen LogP contribution in [-0.2, 0) is 24.5 Å². The summed E-state index contributed by atoms with van der Waals surface area (Å²) < 4.78 is 24.4. The topological polar surface area (TPSA) is 44.8 Å². The van der Waals surface area contributed by atoms with Crippen molar-refractivity contribution >= 4 is 11.4 Å². The highest BCUT2D eigenvalue weighted by Crippen LogP contribution is 2.03. The minimum absolute atomic E-state index is 0.0669. The van der Waals surface area contributed by atoms with Gasteiger partial charge in [0.05, 0.1) is 13.2 Å². The quantitative estimate of drug-likeness (QED) is 0.514. The first-order valence-corrected chi connectivity index (χ1v) is 3.54. The van der Waals surface area contributed by atoms with Gasteiger partial charge >= 0.3 is 11.4 Å². The highest BCUT2D eigenvalue weighted by atomic mass is 32.2. The molecule has 0 radical (unpaired) electrons. The van der Waals surface area contributed by atoms with Crippen molar-refractivity contribution in [2.24, 2.45) is 0 Å². The molecular formula is C4H8O4S. The maximum absolute atomic E-state index is 10.3. The van der Waals surface area contributed by atoms with Gasteiger partial charge in [-0.1, -0.05) is 0 Å². The van der Waals surface area contributed by atoms with E-state index in [2.05, 4.69) is 8.37 Å². The number of methoxy groups -OCH3 is 1. The fraction of sp³-hybridized carbons (Fsp3) is 1.00. The van der Waals surface area contributed by atoms with E-state index in [0.29, 0.717) is 13.2 Å². The van der Waals surface area contributed by atoms with Crippen LogP contribution in [0.4, 0.5) is 0 Å². The minimum Gasteiger partial charge on any atom is -0.377 e.